The maximum Gasteiger partial charge on any atom is 0.338 e. The topological polar surface area (TPSA) is 88.1 Å². The molecule has 0 N–H and O–H groups in total. The van der Waals surface area contributed by atoms with Crippen molar-refractivity contribution < 1.29 is 33.3 Å². The first-order valence-corrected chi connectivity index (χ1v) is 10.5. The van der Waals surface area contributed by atoms with Gasteiger partial charge in [0.2, 0.25) is 6.79 Å². The van der Waals surface area contributed by atoms with Gasteiger partial charge in [0, 0.05) is 12.5 Å². The molecule has 0 atom stereocenters. The largest absolute Gasteiger partial charge is 0.462 e. The second-order valence-corrected chi connectivity index (χ2v) is 6.92. The van der Waals surface area contributed by atoms with Crippen molar-refractivity contribution in [3.8, 4) is 11.5 Å². The Morgan fingerprint density at radius 2 is 1.59 bits per heavy atom. The summed E-state index contributed by atoms with van der Waals surface area (Å²) in [5, 5.41) is 0. The molecule has 0 amide bonds. The summed E-state index contributed by atoms with van der Waals surface area (Å²) in [7, 11) is 0. The summed E-state index contributed by atoms with van der Waals surface area (Å²) in [6.45, 7) is 5.58. The molecule has 0 unspecified atom stereocenters. The van der Waals surface area contributed by atoms with Crippen LogP contribution < -0.4 is 9.47 Å². The van der Waals surface area contributed by atoms with Crippen molar-refractivity contribution in [2.24, 2.45) is 0 Å². The van der Waals surface area contributed by atoms with Crippen LogP contribution in [-0.2, 0) is 25.5 Å². The van der Waals surface area contributed by atoms with Crippen LogP contribution in [0.25, 0.3) is 0 Å². The highest BCUT2D eigenvalue weighted by Gasteiger charge is 2.10. The average Bonchev–Trinajstić information content (AvgIpc) is 2.81. The first-order chi connectivity index (χ1) is 15.5. The number of esters is 3. The molecular weight excluding hydrogens is 412 g/mol. The van der Waals surface area contributed by atoms with Crippen LogP contribution in [0.5, 0.6) is 11.5 Å². The third-order valence-electron chi connectivity index (χ3n) is 4.44. The fourth-order valence-electron chi connectivity index (χ4n) is 2.66. The molecule has 0 heterocycles. The van der Waals surface area contributed by atoms with E-state index in [1.54, 1.807) is 36.4 Å². The Balaban J connectivity index is 1.72. The molecule has 32 heavy (non-hydrogen) atoms. The minimum atomic E-state index is -0.558. The molecule has 0 aromatic heterocycles. The Morgan fingerprint density at radius 1 is 0.906 bits per heavy atom. The SMILES string of the molecule is C=CC(=O)OCOc1ccc(CCC(=O)Oc2ccc(C(=O)OCCCCC)cc2)cc1. The smallest absolute Gasteiger partial charge is 0.338 e. The van der Waals surface area contributed by atoms with Crippen molar-refractivity contribution in [3.63, 3.8) is 0 Å². The number of ether oxygens (including phenoxy) is 4. The normalized spacial score (nSPS) is 10.2. The van der Waals surface area contributed by atoms with Crippen LogP contribution in [0, 0.1) is 0 Å². The fraction of sp³-hybridized carbons (Fsp3) is 0.320. The Bertz CT molecular complexity index is 886. The Labute approximate surface area is 187 Å². The molecule has 170 valence electrons. The second kappa shape index (κ2) is 13.6. The zero-order chi connectivity index (χ0) is 23.2. The van der Waals surface area contributed by atoms with Gasteiger partial charge in [0.15, 0.2) is 0 Å². The summed E-state index contributed by atoms with van der Waals surface area (Å²) in [5.41, 5.74) is 1.35. The minimum absolute atomic E-state index is 0.193. The van der Waals surface area contributed by atoms with Crippen LogP contribution in [0.2, 0.25) is 0 Å². The standard InChI is InChI=1S/C25H28O7/c1-3-5-6-17-29-25(28)20-10-14-22(15-11-20)32-24(27)16-9-19-7-12-21(13-8-19)30-18-31-23(26)4-2/h4,7-8,10-15H,2-3,5-6,9,16-18H2,1H3. The van der Waals surface area contributed by atoms with Gasteiger partial charge in [0.25, 0.3) is 0 Å². The summed E-state index contributed by atoms with van der Waals surface area (Å²) in [4.78, 5) is 35.0. The molecule has 2 aromatic rings. The van der Waals surface area contributed by atoms with E-state index in [0.717, 1.165) is 30.9 Å². The molecule has 0 radical (unpaired) electrons. The predicted octanol–water partition coefficient (Wildman–Crippen LogP) is 4.64. The van der Waals surface area contributed by atoms with Crippen LogP contribution in [0.15, 0.2) is 61.2 Å². The predicted molar refractivity (Wildman–Crippen MR) is 118 cm³/mol. The van der Waals surface area contributed by atoms with Gasteiger partial charge in [0.1, 0.15) is 11.5 Å². The molecule has 0 aliphatic heterocycles. The maximum absolute atomic E-state index is 12.1. The summed E-state index contributed by atoms with van der Waals surface area (Å²) >= 11 is 0. The number of carbonyl (C=O) groups excluding carboxylic acids is 3. The molecule has 2 rings (SSSR count). The van der Waals surface area contributed by atoms with Gasteiger partial charge in [0.05, 0.1) is 12.2 Å². The first-order valence-electron chi connectivity index (χ1n) is 10.5. The molecule has 0 aliphatic rings. The summed E-state index contributed by atoms with van der Waals surface area (Å²) in [6, 6.07) is 13.4. The van der Waals surface area contributed by atoms with Crippen molar-refractivity contribution in [2.45, 2.75) is 39.0 Å². The minimum Gasteiger partial charge on any atom is -0.462 e. The Morgan fingerprint density at radius 3 is 2.25 bits per heavy atom. The van der Waals surface area contributed by atoms with E-state index in [9.17, 15) is 14.4 Å². The van der Waals surface area contributed by atoms with Crippen molar-refractivity contribution in [3.05, 3.63) is 72.3 Å². The monoisotopic (exact) mass is 440 g/mol. The Kier molecular flexibility index (Phi) is 10.5. The van der Waals surface area contributed by atoms with E-state index < -0.39 is 5.97 Å². The first kappa shape index (κ1) is 24.7. The fourth-order valence-corrected chi connectivity index (χ4v) is 2.66. The van der Waals surface area contributed by atoms with Gasteiger partial charge in [-0.1, -0.05) is 38.5 Å². The van der Waals surface area contributed by atoms with Gasteiger partial charge in [-0.25, -0.2) is 9.59 Å². The number of hydrogen-bond acceptors (Lipinski definition) is 7. The molecule has 2 aromatic carbocycles. The van der Waals surface area contributed by atoms with E-state index in [-0.39, 0.29) is 25.2 Å². The van der Waals surface area contributed by atoms with Gasteiger partial charge in [-0.3, -0.25) is 4.79 Å². The zero-order valence-corrected chi connectivity index (χ0v) is 18.2. The van der Waals surface area contributed by atoms with Gasteiger partial charge in [-0.15, -0.1) is 0 Å². The lowest BCUT2D eigenvalue weighted by molar-refractivity contribution is -0.144. The van der Waals surface area contributed by atoms with E-state index in [0.29, 0.717) is 30.1 Å². The third kappa shape index (κ3) is 9.04. The number of aryl methyl sites for hydroxylation is 1. The van der Waals surface area contributed by atoms with Crippen LogP contribution in [0.1, 0.15) is 48.5 Å². The van der Waals surface area contributed by atoms with Crippen LogP contribution >= 0.6 is 0 Å². The molecule has 0 bridgehead atoms. The zero-order valence-electron chi connectivity index (χ0n) is 18.2. The third-order valence-corrected chi connectivity index (χ3v) is 4.44. The molecule has 0 fully saturated rings. The van der Waals surface area contributed by atoms with Crippen molar-refractivity contribution in [1.82, 2.24) is 0 Å². The highest BCUT2D eigenvalue weighted by Crippen LogP contribution is 2.16. The van der Waals surface area contributed by atoms with Crippen LogP contribution in [-0.4, -0.2) is 31.3 Å². The lowest BCUT2D eigenvalue weighted by Gasteiger charge is -2.08. The number of rotatable bonds is 13. The highest BCUT2D eigenvalue weighted by atomic mass is 16.7. The number of benzene rings is 2. The second-order valence-electron chi connectivity index (χ2n) is 6.92. The average molecular weight is 440 g/mol. The summed E-state index contributed by atoms with van der Waals surface area (Å²) in [6.07, 6.45) is 4.67. The number of hydrogen-bond donors (Lipinski definition) is 0. The van der Waals surface area contributed by atoms with Crippen molar-refractivity contribution in [1.29, 1.82) is 0 Å². The van der Waals surface area contributed by atoms with Crippen LogP contribution in [0.4, 0.5) is 0 Å². The van der Waals surface area contributed by atoms with E-state index >= 15 is 0 Å². The van der Waals surface area contributed by atoms with Gasteiger partial charge in [-0.05, 0) is 54.8 Å². The maximum atomic E-state index is 12.1. The summed E-state index contributed by atoms with van der Waals surface area (Å²) < 4.78 is 20.5. The highest BCUT2D eigenvalue weighted by molar-refractivity contribution is 5.89. The van der Waals surface area contributed by atoms with E-state index in [4.69, 9.17) is 18.9 Å². The number of unbranched alkanes of at least 4 members (excludes halogenated alkanes) is 2. The van der Waals surface area contributed by atoms with E-state index in [2.05, 4.69) is 13.5 Å². The lowest BCUT2D eigenvalue weighted by atomic mass is 10.1. The number of carbonyl (C=O) groups is 3. The quantitative estimate of drug-likeness (QED) is 0.147. The molecule has 0 aliphatic carbocycles. The van der Waals surface area contributed by atoms with Gasteiger partial charge < -0.3 is 18.9 Å². The molecule has 7 heteroatoms. The summed E-state index contributed by atoms with van der Waals surface area (Å²) in [5.74, 6) is -0.411. The molecule has 0 saturated carbocycles. The lowest BCUT2D eigenvalue weighted by Crippen LogP contribution is -2.10. The molecular formula is C25H28O7. The van der Waals surface area contributed by atoms with E-state index in [1.165, 1.54) is 0 Å². The molecule has 7 nitrogen and oxygen atoms in total. The molecule has 0 spiro atoms. The van der Waals surface area contributed by atoms with Gasteiger partial charge >= 0.3 is 17.9 Å². The van der Waals surface area contributed by atoms with Crippen LogP contribution in [0.3, 0.4) is 0 Å². The van der Waals surface area contributed by atoms with E-state index in [1.807, 2.05) is 12.1 Å². The molecule has 0 saturated heterocycles. The Hall–Kier alpha value is -3.61. The van der Waals surface area contributed by atoms with Crippen molar-refractivity contribution in [2.75, 3.05) is 13.4 Å². The van der Waals surface area contributed by atoms with Gasteiger partial charge in [-0.2, -0.15) is 0 Å². The van der Waals surface area contributed by atoms with Crippen molar-refractivity contribution >= 4 is 17.9 Å².